The number of nitrogens with one attached hydrogen (secondary N) is 2. The molecule has 146 valence electrons. The number of hydrogen-bond donors (Lipinski definition) is 2. The van der Waals surface area contributed by atoms with E-state index in [9.17, 15) is 18.0 Å². The molecule has 4 nitrogen and oxygen atoms in total. The van der Waals surface area contributed by atoms with Crippen LogP contribution in [0.1, 0.15) is 25.8 Å². The molecule has 0 bridgehead atoms. The van der Waals surface area contributed by atoms with Gasteiger partial charge in [0.25, 0.3) is 0 Å². The highest BCUT2D eigenvalue weighted by Gasteiger charge is 2.29. The van der Waals surface area contributed by atoms with Gasteiger partial charge in [0.15, 0.2) is 0 Å². The van der Waals surface area contributed by atoms with Crippen molar-refractivity contribution in [2.45, 2.75) is 26.4 Å². The van der Waals surface area contributed by atoms with Crippen molar-refractivity contribution in [3.05, 3.63) is 54.1 Å². The molecule has 0 saturated carbocycles. The molecule has 0 aliphatic rings. The molecule has 0 heterocycles. The van der Waals surface area contributed by atoms with Crippen LogP contribution in [0.3, 0.4) is 0 Å². The fourth-order valence-corrected chi connectivity index (χ4v) is 2.67. The number of anilines is 3. The van der Waals surface area contributed by atoms with Crippen LogP contribution < -0.4 is 15.5 Å². The molecular formula is C20H24F3N3O. The summed E-state index contributed by atoms with van der Waals surface area (Å²) in [6.07, 6.45) is -4.14. The Kier molecular flexibility index (Phi) is 7.10. The molecule has 2 aromatic carbocycles. The first kappa shape index (κ1) is 20.6. The van der Waals surface area contributed by atoms with Gasteiger partial charge in [-0.05, 0) is 62.4 Å². The number of carbonyl (C=O) groups excluding carboxylic acids is 1. The Bertz CT molecular complexity index is 724. The fourth-order valence-electron chi connectivity index (χ4n) is 2.67. The van der Waals surface area contributed by atoms with E-state index in [1.165, 1.54) is 12.1 Å². The second kappa shape index (κ2) is 9.30. The van der Waals surface area contributed by atoms with Crippen molar-refractivity contribution >= 4 is 23.0 Å². The molecular weight excluding hydrogens is 355 g/mol. The van der Waals surface area contributed by atoms with E-state index in [-0.39, 0.29) is 12.3 Å². The zero-order chi connectivity index (χ0) is 19.9. The van der Waals surface area contributed by atoms with E-state index in [0.717, 1.165) is 30.9 Å². The summed E-state index contributed by atoms with van der Waals surface area (Å²) in [7, 11) is 0. The van der Waals surface area contributed by atoms with Crippen LogP contribution in [0.2, 0.25) is 0 Å². The summed E-state index contributed by atoms with van der Waals surface area (Å²) in [5.41, 5.74) is 1.66. The van der Waals surface area contributed by atoms with Crippen molar-refractivity contribution in [3.8, 4) is 0 Å². The van der Waals surface area contributed by atoms with Crippen LogP contribution in [0, 0.1) is 0 Å². The van der Waals surface area contributed by atoms with Gasteiger partial charge in [0.05, 0.1) is 5.56 Å². The van der Waals surface area contributed by atoms with Crippen molar-refractivity contribution in [2.24, 2.45) is 0 Å². The summed E-state index contributed by atoms with van der Waals surface area (Å²) in [6.45, 7) is 6.33. The molecule has 0 fully saturated rings. The smallest absolute Gasteiger partial charge is 0.385 e. The predicted octanol–water partition coefficient (Wildman–Crippen LogP) is 4.99. The minimum Gasteiger partial charge on any atom is -0.385 e. The molecule has 0 aliphatic heterocycles. The van der Waals surface area contributed by atoms with Crippen LogP contribution >= 0.6 is 0 Å². The number of halogens is 3. The Morgan fingerprint density at radius 3 is 2.00 bits per heavy atom. The lowest BCUT2D eigenvalue weighted by Gasteiger charge is -2.21. The van der Waals surface area contributed by atoms with E-state index >= 15 is 0 Å². The molecule has 0 saturated heterocycles. The van der Waals surface area contributed by atoms with E-state index in [2.05, 4.69) is 29.4 Å². The minimum atomic E-state index is -4.35. The molecule has 0 unspecified atom stereocenters. The molecule has 0 spiro atoms. The number of hydrogen-bond acceptors (Lipinski definition) is 3. The van der Waals surface area contributed by atoms with Gasteiger partial charge in [0, 0.05) is 43.1 Å². The van der Waals surface area contributed by atoms with Gasteiger partial charge in [0.1, 0.15) is 0 Å². The Balaban J connectivity index is 1.79. The van der Waals surface area contributed by atoms with Gasteiger partial charge in [0.2, 0.25) is 5.91 Å². The maximum absolute atomic E-state index is 12.5. The highest BCUT2D eigenvalue weighted by atomic mass is 19.4. The van der Waals surface area contributed by atoms with Crippen molar-refractivity contribution in [3.63, 3.8) is 0 Å². The zero-order valence-electron chi connectivity index (χ0n) is 15.4. The summed E-state index contributed by atoms with van der Waals surface area (Å²) in [4.78, 5) is 14.2. The molecule has 7 heteroatoms. The van der Waals surface area contributed by atoms with Gasteiger partial charge in [-0.2, -0.15) is 13.2 Å². The second-order valence-electron chi connectivity index (χ2n) is 6.02. The lowest BCUT2D eigenvalue weighted by molar-refractivity contribution is -0.137. The number of carbonyl (C=O) groups is 1. The first-order valence-corrected chi connectivity index (χ1v) is 8.89. The third-order valence-electron chi connectivity index (χ3n) is 4.17. The number of amides is 1. The van der Waals surface area contributed by atoms with Crippen LogP contribution in [0.4, 0.5) is 30.2 Å². The standard InChI is InChI=1S/C20H24F3N3O/c1-3-26(4-2)18-11-9-17(10-12-18)25-19(27)13-14-24-16-7-5-15(6-8-16)20(21,22)23/h5-12,24H,3-4,13-14H2,1-2H3,(H,25,27). The Hall–Kier alpha value is -2.70. The first-order valence-electron chi connectivity index (χ1n) is 8.89. The van der Waals surface area contributed by atoms with Crippen molar-refractivity contribution in [1.82, 2.24) is 0 Å². The lowest BCUT2D eigenvalue weighted by Crippen LogP contribution is -2.21. The summed E-state index contributed by atoms with van der Waals surface area (Å²) >= 11 is 0. The summed E-state index contributed by atoms with van der Waals surface area (Å²) in [6, 6.07) is 12.4. The van der Waals surface area contributed by atoms with E-state index in [0.29, 0.717) is 17.9 Å². The minimum absolute atomic E-state index is 0.162. The third kappa shape index (κ3) is 6.20. The predicted molar refractivity (Wildman–Crippen MR) is 103 cm³/mol. The van der Waals surface area contributed by atoms with Gasteiger partial charge < -0.3 is 15.5 Å². The lowest BCUT2D eigenvalue weighted by atomic mass is 10.2. The first-order chi connectivity index (χ1) is 12.8. The van der Waals surface area contributed by atoms with Crippen molar-refractivity contribution in [1.29, 1.82) is 0 Å². The van der Waals surface area contributed by atoms with Crippen molar-refractivity contribution < 1.29 is 18.0 Å². The fraction of sp³-hybridized carbons (Fsp3) is 0.350. The SMILES string of the molecule is CCN(CC)c1ccc(NC(=O)CCNc2ccc(C(F)(F)F)cc2)cc1. The Labute approximate surface area is 157 Å². The topological polar surface area (TPSA) is 44.4 Å². The molecule has 0 radical (unpaired) electrons. The van der Waals surface area contributed by atoms with Gasteiger partial charge in [-0.25, -0.2) is 0 Å². The largest absolute Gasteiger partial charge is 0.416 e. The van der Waals surface area contributed by atoms with Gasteiger partial charge in [-0.3, -0.25) is 4.79 Å². The van der Waals surface area contributed by atoms with Gasteiger partial charge >= 0.3 is 6.18 Å². The van der Waals surface area contributed by atoms with Gasteiger partial charge in [-0.1, -0.05) is 0 Å². The van der Waals surface area contributed by atoms with E-state index in [1.807, 2.05) is 24.3 Å². The quantitative estimate of drug-likeness (QED) is 0.679. The molecule has 0 aromatic heterocycles. The monoisotopic (exact) mass is 379 g/mol. The molecule has 2 aromatic rings. The molecule has 2 N–H and O–H groups in total. The Morgan fingerprint density at radius 2 is 1.48 bits per heavy atom. The second-order valence-corrected chi connectivity index (χ2v) is 6.02. The zero-order valence-corrected chi connectivity index (χ0v) is 15.4. The molecule has 0 aliphatic carbocycles. The van der Waals surface area contributed by atoms with E-state index in [4.69, 9.17) is 0 Å². The van der Waals surface area contributed by atoms with Crippen LogP contribution in [0.15, 0.2) is 48.5 Å². The maximum Gasteiger partial charge on any atom is 0.416 e. The Morgan fingerprint density at radius 1 is 0.926 bits per heavy atom. The van der Waals surface area contributed by atoms with E-state index < -0.39 is 11.7 Å². The average Bonchev–Trinajstić information content (AvgIpc) is 2.64. The van der Waals surface area contributed by atoms with Crippen LogP contribution in [-0.4, -0.2) is 25.5 Å². The molecule has 27 heavy (non-hydrogen) atoms. The van der Waals surface area contributed by atoms with E-state index in [1.54, 1.807) is 0 Å². The molecule has 1 amide bonds. The molecule has 2 rings (SSSR count). The van der Waals surface area contributed by atoms with Gasteiger partial charge in [-0.15, -0.1) is 0 Å². The summed E-state index contributed by atoms with van der Waals surface area (Å²) in [5.74, 6) is -0.162. The van der Waals surface area contributed by atoms with Crippen molar-refractivity contribution in [2.75, 3.05) is 35.2 Å². The highest BCUT2D eigenvalue weighted by molar-refractivity contribution is 5.91. The van der Waals surface area contributed by atoms with Crippen LogP contribution in [-0.2, 0) is 11.0 Å². The summed E-state index contributed by atoms with van der Waals surface area (Å²) < 4.78 is 37.6. The number of benzene rings is 2. The average molecular weight is 379 g/mol. The number of rotatable bonds is 8. The van der Waals surface area contributed by atoms with Crippen LogP contribution in [0.5, 0.6) is 0 Å². The van der Waals surface area contributed by atoms with Crippen LogP contribution in [0.25, 0.3) is 0 Å². The number of alkyl halides is 3. The number of nitrogens with zero attached hydrogens (tertiary/aromatic N) is 1. The normalized spacial score (nSPS) is 11.1. The third-order valence-corrected chi connectivity index (χ3v) is 4.17. The highest BCUT2D eigenvalue weighted by Crippen LogP contribution is 2.29. The summed E-state index contributed by atoms with van der Waals surface area (Å²) in [5, 5.41) is 5.76. The molecule has 0 atom stereocenters. The maximum atomic E-state index is 12.5.